The average Bonchev–Trinajstić information content (AvgIpc) is 2.44. The lowest BCUT2D eigenvalue weighted by molar-refractivity contribution is 0.281. The van der Waals surface area contributed by atoms with Crippen LogP contribution in [0, 0.1) is 0 Å². The molecule has 2 aromatic heterocycles. The summed E-state index contributed by atoms with van der Waals surface area (Å²) < 4.78 is 2.32. The Kier molecular flexibility index (Phi) is 1.93. The van der Waals surface area contributed by atoms with E-state index >= 15 is 0 Å². The molecule has 5 nitrogen and oxygen atoms in total. The maximum absolute atomic E-state index is 8.98. The predicted molar refractivity (Wildman–Crippen MR) is 51.0 cm³/mol. The van der Waals surface area contributed by atoms with Crippen molar-refractivity contribution in [3.63, 3.8) is 0 Å². The van der Waals surface area contributed by atoms with Crippen molar-refractivity contribution in [3.8, 4) is 0 Å². The quantitative estimate of drug-likeness (QED) is 0.767. The van der Waals surface area contributed by atoms with Gasteiger partial charge in [0.1, 0.15) is 11.8 Å². The highest BCUT2D eigenvalue weighted by Gasteiger charge is 2.10. The summed E-state index contributed by atoms with van der Waals surface area (Å²) in [6.45, 7) is -0.0522. The van der Waals surface area contributed by atoms with Crippen molar-refractivity contribution in [2.45, 2.75) is 6.61 Å². The summed E-state index contributed by atoms with van der Waals surface area (Å²) in [5, 5.41) is 12.9. The smallest absolute Gasteiger partial charge is 0.152 e. The van der Waals surface area contributed by atoms with Crippen LogP contribution in [0.3, 0.4) is 0 Å². The lowest BCUT2D eigenvalue weighted by Crippen LogP contribution is -1.97. The third kappa shape index (κ3) is 1.18. The van der Waals surface area contributed by atoms with E-state index in [4.69, 9.17) is 10.8 Å². The monoisotopic (exact) mass is 242 g/mol. The van der Waals surface area contributed by atoms with Crippen LogP contribution >= 0.6 is 15.9 Å². The van der Waals surface area contributed by atoms with Gasteiger partial charge < -0.3 is 10.8 Å². The molecule has 0 aliphatic heterocycles. The average molecular weight is 243 g/mol. The summed E-state index contributed by atoms with van der Waals surface area (Å²) in [5.74, 6) is 0.390. The van der Waals surface area contributed by atoms with Crippen molar-refractivity contribution in [2.24, 2.45) is 0 Å². The van der Waals surface area contributed by atoms with Crippen LogP contribution in [0.5, 0.6) is 0 Å². The van der Waals surface area contributed by atoms with Crippen LogP contribution in [-0.4, -0.2) is 19.7 Å². The molecule has 0 amide bonds. The van der Waals surface area contributed by atoms with Crippen LogP contribution in [-0.2, 0) is 6.61 Å². The predicted octanol–water partition coefficient (Wildman–Crippen LogP) is 0.566. The number of anilines is 1. The van der Waals surface area contributed by atoms with Crippen molar-refractivity contribution < 1.29 is 5.11 Å². The van der Waals surface area contributed by atoms with Gasteiger partial charge in [0.15, 0.2) is 5.82 Å². The van der Waals surface area contributed by atoms with Crippen molar-refractivity contribution in [1.82, 2.24) is 14.6 Å². The van der Waals surface area contributed by atoms with E-state index in [1.165, 1.54) is 6.33 Å². The standard InChI is InChI=1S/C7H7BrN4O/c8-5-4(2-13)1-12-6(5)7(9)10-3-11-12/h1,3,13H,2H2,(H2,9,10,11). The Morgan fingerprint density at radius 1 is 1.62 bits per heavy atom. The largest absolute Gasteiger partial charge is 0.392 e. The topological polar surface area (TPSA) is 76.4 Å². The minimum absolute atomic E-state index is 0.0522. The zero-order valence-corrected chi connectivity index (χ0v) is 8.19. The zero-order valence-electron chi connectivity index (χ0n) is 6.61. The summed E-state index contributed by atoms with van der Waals surface area (Å²) >= 11 is 3.32. The second-order valence-electron chi connectivity index (χ2n) is 2.56. The number of rotatable bonds is 1. The number of hydrogen-bond acceptors (Lipinski definition) is 4. The molecule has 0 bridgehead atoms. The molecule has 0 saturated heterocycles. The van der Waals surface area contributed by atoms with Crippen molar-refractivity contribution >= 4 is 27.3 Å². The minimum atomic E-state index is -0.0522. The first kappa shape index (κ1) is 8.46. The van der Waals surface area contributed by atoms with Gasteiger partial charge >= 0.3 is 0 Å². The van der Waals surface area contributed by atoms with Crippen LogP contribution in [0.15, 0.2) is 17.0 Å². The van der Waals surface area contributed by atoms with E-state index in [0.29, 0.717) is 11.3 Å². The van der Waals surface area contributed by atoms with Gasteiger partial charge in [-0.25, -0.2) is 9.50 Å². The zero-order chi connectivity index (χ0) is 9.42. The number of hydrogen-bond donors (Lipinski definition) is 2. The number of fused-ring (bicyclic) bond motifs is 1. The highest BCUT2D eigenvalue weighted by Crippen LogP contribution is 2.26. The molecule has 0 aliphatic rings. The van der Waals surface area contributed by atoms with Crippen LogP contribution in [0.25, 0.3) is 5.52 Å². The minimum Gasteiger partial charge on any atom is -0.392 e. The number of nitrogen functional groups attached to an aromatic ring is 1. The second-order valence-corrected chi connectivity index (χ2v) is 3.36. The molecule has 2 heterocycles. The Balaban J connectivity index is 2.85. The maximum Gasteiger partial charge on any atom is 0.152 e. The Morgan fingerprint density at radius 3 is 3.00 bits per heavy atom. The Labute approximate surface area is 82.3 Å². The van der Waals surface area contributed by atoms with Crippen LogP contribution in [0.2, 0.25) is 0 Å². The van der Waals surface area contributed by atoms with Gasteiger partial charge in [-0.2, -0.15) is 5.10 Å². The van der Waals surface area contributed by atoms with Gasteiger partial charge in [-0.15, -0.1) is 0 Å². The number of aromatic nitrogens is 3. The van der Waals surface area contributed by atoms with Crippen LogP contribution in [0.1, 0.15) is 5.56 Å². The molecule has 68 valence electrons. The lowest BCUT2D eigenvalue weighted by Gasteiger charge is -1.95. The van der Waals surface area contributed by atoms with E-state index in [1.807, 2.05) is 0 Å². The first-order valence-electron chi connectivity index (χ1n) is 3.61. The number of aliphatic hydroxyl groups excluding tert-OH is 1. The Morgan fingerprint density at radius 2 is 2.38 bits per heavy atom. The second kappa shape index (κ2) is 2.97. The molecule has 0 aromatic carbocycles. The third-order valence-electron chi connectivity index (χ3n) is 1.78. The molecular formula is C7H7BrN4O. The molecule has 0 atom stereocenters. The SMILES string of the molecule is Nc1ncnn2cc(CO)c(Br)c12. The van der Waals surface area contributed by atoms with Gasteiger partial charge in [0.05, 0.1) is 11.1 Å². The van der Waals surface area contributed by atoms with Crippen molar-refractivity contribution in [1.29, 1.82) is 0 Å². The number of aliphatic hydroxyl groups is 1. The van der Waals surface area contributed by atoms with E-state index in [-0.39, 0.29) is 6.61 Å². The molecule has 0 radical (unpaired) electrons. The van der Waals surface area contributed by atoms with E-state index in [1.54, 1.807) is 10.7 Å². The first-order valence-corrected chi connectivity index (χ1v) is 4.40. The molecule has 2 rings (SSSR count). The molecule has 3 N–H and O–H groups in total. The normalized spacial score (nSPS) is 10.9. The fourth-order valence-electron chi connectivity index (χ4n) is 1.16. The van der Waals surface area contributed by atoms with Gasteiger partial charge in [-0.1, -0.05) is 0 Å². The summed E-state index contributed by atoms with van der Waals surface area (Å²) in [6, 6.07) is 0. The summed E-state index contributed by atoms with van der Waals surface area (Å²) in [6.07, 6.45) is 3.08. The molecule has 0 unspecified atom stereocenters. The summed E-state index contributed by atoms with van der Waals surface area (Å²) in [5.41, 5.74) is 7.07. The van der Waals surface area contributed by atoms with Crippen molar-refractivity contribution in [2.75, 3.05) is 5.73 Å². The van der Waals surface area contributed by atoms with Crippen LogP contribution < -0.4 is 5.73 Å². The van der Waals surface area contributed by atoms with E-state index in [9.17, 15) is 0 Å². The lowest BCUT2D eigenvalue weighted by atomic mass is 10.3. The van der Waals surface area contributed by atoms with Gasteiger partial charge in [0.2, 0.25) is 0 Å². The van der Waals surface area contributed by atoms with E-state index in [2.05, 4.69) is 26.0 Å². The third-order valence-corrected chi connectivity index (χ3v) is 2.67. The summed E-state index contributed by atoms with van der Waals surface area (Å²) in [4.78, 5) is 3.85. The van der Waals surface area contributed by atoms with Gasteiger partial charge in [0.25, 0.3) is 0 Å². The molecular weight excluding hydrogens is 236 g/mol. The fourth-order valence-corrected chi connectivity index (χ4v) is 1.77. The number of nitrogens with zero attached hydrogens (tertiary/aromatic N) is 3. The van der Waals surface area contributed by atoms with Crippen LogP contribution in [0.4, 0.5) is 5.82 Å². The highest BCUT2D eigenvalue weighted by atomic mass is 79.9. The van der Waals surface area contributed by atoms with Gasteiger partial charge in [-0.3, -0.25) is 0 Å². The molecule has 0 spiro atoms. The molecule has 0 saturated carbocycles. The molecule has 13 heavy (non-hydrogen) atoms. The Hall–Kier alpha value is -1.14. The molecule has 2 aromatic rings. The molecule has 0 fully saturated rings. The first-order chi connectivity index (χ1) is 6.24. The highest BCUT2D eigenvalue weighted by molar-refractivity contribution is 9.10. The maximum atomic E-state index is 8.98. The van der Waals surface area contributed by atoms with Crippen molar-refractivity contribution in [3.05, 3.63) is 22.6 Å². The van der Waals surface area contributed by atoms with E-state index in [0.717, 1.165) is 10.0 Å². The number of halogens is 1. The fraction of sp³-hybridized carbons (Fsp3) is 0.143. The van der Waals surface area contributed by atoms with Gasteiger partial charge in [-0.05, 0) is 15.9 Å². The molecule has 0 aliphatic carbocycles. The van der Waals surface area contributed by atoms with Gasteiger partial charge in [0, 0.05) is 11.8 Å². The number of nitrogens with two attached hydrogens (primary N) is 1. The summed E-state index contributed by atoms with van der Waals surface area (Å²) in [7, 11) is 0. The van der Waals surface area contributed by atoms with E-state index < -0.39 is 0 Å². The Bertz CT molecular complexity index is 453. The molecule has 6 heteroatoms.